The van der Waals surface area contributed by atoms with Crippen LogP contribution in [-0.4, -0.2) is 53.2 Å². The lowest BCUT2D eigenvalue weighted by Gasteiger charge is -2.21. The molecule has 0 aliphatic carbocycles. The molecule has 3 rings (SSSR count). The SMILES string of the molecule is COC(=O)[C@@H]1[C@@H](CO)[C@H](c2ccc(OC)c(OC)c2)O[C@@H]1c1ccc(OC)c(OC)c1. The molecule has 0 radical (unpaired) electrons. The molecule has 0 aromatic heterocycles. The van der Waals surface area contributed by atoms with Gasteiger partial charge in [-0.1, -0.05) is 12.1 Å². The number of esters is 1. The molecule has 0 spiro atoms. The minimum Gasteiger partial charge on any atom is -0.493 e. The highest BCUT2D eigenvalue weighted by Crippen LogP contribution is 2.51. The molecule has 4 atom stereocenters. The largest absolute Gasteiger partial charge is 0.493 e. The molecular formula is C23H28O8. The zero-order valence-corrected chi connectivity index (χ0v) is 18.3. The number of ether oxygens (including phenoxy) is 6. The summed E-state index contributed by atoms with van der Waals surface area (Å²) in [6.45, 7) is -0.261. The third kappa shape index (κ3) is 4.26. The highest BCUT2D eigenvalue weighted by atomic mass is 16.5. The van der Waals surface area contributed by atoms with Crippen LogP contribution in [0.2, 0.25) is 0 Å². The van der Waals surface area contributed by atoms with Crippen molar-refractivity contribution in [1.29, 1.82) is 0 Å². The van der Waals surface area contributed by atoms with Crippen LogP contribution in [0.1, 0.15) is 23.3 Å². The summed E-state index contributed by atoms with van der Waals surface area (Å²) in [5, 5.41) is 10.2. The molecule has 0 saturated carbocycles. The van der Waals surface area contributed by atoms with Gasteiger partial charge in [0.05, 0.1) is 53.7 Å². The van der Waals surface area contributed by atoms with E-state index in [1.54, 1.807) is 45.6 Å². The molecule has 0 bridgehead atoms. The lowest BCUT2D eigenvalue weighted by molar-refractivity contribution is -0.149. The summed E-state index contributed by atoms with van der Waals surface area (Å²) in [7, 11) is 7.52. The van der Waals surface area contributed by atoms with Crippen molar-refractivity contribution in [3.63, 3.8) is 0 Å². The van der Waals surface area contributed by atoms with E-state index in [1.807, 2.05) is 12.1 Å². The van der Waals surface area contributed by atoms with Crippen molar-refractivity contribution < 1.29 is 38.3 Å². The van der Waals surface area contributed by atoms with E-state index < -0.39 is 30.0 Å². The molecule has 1 aliphatic rings. The van der Waals surface area contributed by atoms with Gasteiger partial charge in [-0.3, -0.25) is 4.79 Å². The standard InChI is InChI=1S/C23H28O8/c1-26-16-8-6-13(10-18(16)28-3)21-15(12-24)20(23(25)30-5)22(31-21)14-7-9-17(27-2)19(11-14)29-4/h6-11,15,20-22,24H,12H2,1-5H3/t15-,20-,21+,22-/m1/s1. The average molecular weight is 432 g/mol. The topological polar surface area (TPSA) is 92.7 Å². The fourth-order valence-electron chi connectivity index (χ4n) is 4.07. The van der Waals surface area contributed by atoms with Gasteiger partial charge < -0.3 is 33.5 Å². The second-order valence-electron chi connectivity index (χ2n) is 7.10. The molecule has 0 unspecified atom stereocenters. The quantitative estimate of drug-likeness (QED) is 0.637. The van der Waals surface area contributed by atoms with Crippen LogP contribution < -0.4 is 18.9 Å². The Morgan fingerprint density at radius 3 is 1.71 bits per heavy atom. The fourth-order valence-corrected chi connectivity index (χ4v) is 4.07. The Morgan fingerprint density at radius 1 is 0.806 bits per heavy atom. The van der Waals surface area contributed by atoms with Crippen molar-refractivity contribution in [2.24, 2.45) is 11.8 Å². The smallest absolute Gasteiger partial charge is 0.312 e. The molecule has 1 N–H and O–H groups in total. The predicted molar refractivity (Wildman–Crippen MR) is 112 cm³/mol. The van der Waals surface area contributed by atoms with Gasteiger partial charge in [0.25, 0.3) is 0 Å². The number of rotatable bonds is 8. The summed E-state index contributed by atoms with van der Waals surface area (Å²) in [5.41, 5.74) is 1.48. The number of aliphatic hydroxyl groups excluding tert-OH is 1. The van der Waals surface area contributed by atoms with Crippen LogP contribution in [0.4, 0.5) is 0 Å². The van der Waals surface area contributed by atoms with Crippen molar-refractivity contribution in [3.05, 3.63) is 47.5 Å². The third-order valence-electron chi connectivity index (χ3n) is 5.63. The van der Waals surface area contributed by atoms with Crippen LogP contribution in [0.5, 0.6) is 23.0 Å². The van der Waals surface area contributed by atoms with Crippen LogP contribution in [0.3, 0.4) is 0 Å². The lowest BCUT2D eigenvalue weighted by Crippen LogP contribution is -2.28. The average Bonchev–Trinajstić information content (AvgIpc) is 3.22. The molecule has 8 heteroatoms. The zero-order chi connectivity index (χ0) is 22.5. The summed E-state index contributed by atoms with van der Waals surface area (Å²) in [5.74, 6) is 0.489. The number of methoxy groups -OCH3 is 5. The molecular weight excluding hydrogens is 404 g/mol. The molecule has 2 aromatic rings. The van der Waals surface area contributed by atoms with Crippen molar-refractivity contribution >= 4 is 5.97 Å². The van der Waals surface area contributed by atoms with Crippen molar-refractivity contribution in [2.75, 3.05) is 42.2 Å². The van der Waals surface area contributed by atoms with E-state index in [1.165, 1.54) is 14.2 Å². The van der Waals surface area contributed by atoms with E-state index in [0.717, 1.165) is 11.1 Å². The first-order chi connectivity index (χ1) is 15.0. The summed E-state index contributed by atoms with van der Waals surface area (Å²) in [6, 6.07) is 10.7. The Hall–Kier alpha value is -2.97. The Kier molecular flexibility index (Phi) is 7.25. The highest BCUT2D eigenvalue weighted by Gasteiger charge is 2.50. The maximum Gasteiger partial charge on any atom is 0.312 e. The van der Waals surface area contributed by atoms with Crippen LogP contribution in [-0.2, 0) is 14.3 Å². The van der Waals surface area contributed by atoms with Gasteiger partial charge in [0.2, 0.25) is 0 Å². The Labute approximate surface area is 181 Å². The van der Waals surface area contributed by atoms with Gasteiger partial charge in [-0.05, 0) is 35.4 Å². The van der Waals surface area contributed by atoms with Gasteiger partial charge in [0, 0.05) is 12.5 Å². The first-order valence-corrected chi connectivity index (χ1v) is 9.80. The number of hydrogen-bond donors (Lipinski definition) is 1. The maximum atomic E-state index is 12.7. The molecule has 8 nitrogen and oxygen atoms in total. The lowest BCUT2D eigenvalue weighted by atomic mass is 9.83. The second kappa shape index (κ2) is 9.89. The summed E-state index contributed by atoms with van der Waals surface area (Å²) in [6.07, 6.45) is -1.21. The number of carbonyl (C=O) groups excluding carboxylic acids is 1. The van der Waals surface area contributed by atoms with E-state index in [0.29, 0.717) is 23.0 Å². The number of benzene rings is 2. The highest BCUT2D eigenvalue weighted by molar-refractivity contribution is 5.74. The van der Waals surface area contributed by atoms with Gasteiger partial charge in [-0.15, -0.1) is 0 Å². The van der Waals surface area contributed by atoms with E-state index in [9.17, 15) is 9.90 Å². The van der Waals surface area contributed by atoms with Crippen molar-refractivity contribution in [2.45, 2.75) is 12.2 Å². The summed E-state index contributed by atoms with van der Waals surface area (Å²) < 4.78 is 32.8. The first-order valence-electron chi connectivity index (χ1n) is 9.80. The molecule has 1 aliphatic heterocycles. The maximum absolute atomic E-state index is 12.7. The van der Waals surface area contributed by atoms with Gasteiger partial charge in [0.15, 0.2) is 23.0 Å². The number of aliphatic hydroxyl groups is 1. The Balaban J connectivity index is 2.05. The van der Waals surface area contributed by atoms with E-state index in [2.05, 4.69) is 0 Å². The molecule has 0 amide bonds. The number of hydrogen-bond acceptors (Lipinski definition) is 8. The summed E-state index contributed by atoms with van der Waals surface area (Å²) in [4.78, 5) is 12.7. The molecule has 168 valence electrons. The second-order valence-corrected chi connectivity index (χ2v) is 7.10. The Bertz CT molecular complexity index is 912. The fraction of sp³-hybridized carbons (Fsp3) is 0.435. The van der Waals surface area contributed by atoms with Crippen molar-refractivity contribution in [3.8, 4) is 23.0 Å². The van der Waals surface area contributed by atoms with Gasteiger partial charge in [-0.2, -0.15) is 0 Å². The van der Waals surface area contributed by atoms with Crippen molar-refractivity contribution in [1.82, 2.24) is 0 Å². The first kappa shape index (κ1) is 22.7. The van der Waals surface area contributed by atoms with Crippen LogP contribution in [0.25, 0.3) is 0 Å². The van der Waals surface area contributed by atoms with E-state index in [4.69, 9.17) is 28.4 Å². The Morgan fingerprint density at radius 2 is 1.29 bits per heavy atom. The molecule has 2 aromatic carbocycles. The molecule has 31 heavy (non-hydrogen) atoms. The third-order valence-corrected chi connectivity index (χ3v) is 5.63. The summed E-state index contributed by atoms with van der Waals surface area (Å²) >= 11 is 0. The van der Waals surface area contributed by atoms with Gasteiger partial charge in [0.1, 0.15) is 0 Å². The monoisotopic (exact) mass is 432 g/mol. The van der Waals surface area contributed by atoms with Gasteiger partial charge in [-0.25, -0.2) is 0 Å². The normalized spacial score (nSPS) is 22.6. The van der Waals surface area contributed by atoms with E-state index >= 15 is 0 Å². The molecule has 1 saturated heterocycles. The molecule has 1 fully saturated rings. The van der Waals surface area contributed by atoms with Crippen LogP contribution >= 0.6 is 0 Å². The minimum atomic E-state index is -0.716. The minimum absolute atomic E-state index is 0.261. The predicted octanol–water partition coefficient (Wildman–Crippen LogP) is 2.93. The number of carbonyl (C=O) groups is 1. The molecule has 1 heterocycles. The van der Waals surface area contributed by atoms with E-state index in [-0.39, 0.29) is 6.61 Å². The van der Waals surface area contributed by atoms with Gasteiger partial charge >= 0.3 is 5.97 Å². The van der Waals surface area contributed by atoms with Crippen LogP contribution in [0.15, 0.2) is 36.4 Å². The van der Waals surface area contributed by atoms with Crippen LogP contribution in [0, 0.1) is 11.8 Å². The zero-order valence-electron chi connectivity index (χ0n) is 18.3.